The number of aromatic hydroxyl groups is 1. The van der Waals surface area contributed by atoms with E-state index in [1.807, 2.05) is 4.90 Å². The van der Waals surface area contributed by atoms with Gasteiger partial charge in [0.1, 0.15) is 0 Å². The number of aliphatic hydroxyl groups excluding tert-OH is 1. The fraction of sp³-hybridized carbons (Fsp3) is 0.632. The molecule has 1 aromatic rings. The Balaban J connectivity index is 1.85. The summed E-state index contributed by atoms with van der Waals surface area (Å²) in [4.78, 5) is 17.2. The Morgan fingerprint density at radius 2 is 1.88 bits per heavy atom. The first-order valence-electron chi connectivity index (χ1n) is 9.01. The molecule has 2 heterocycles. The van der Waals surface area contributed by atoms with Crippen molar-refractivity contribution in [1.82, 2.24) is 9.80 Å². The molecule has 3 rings (SSSR count). The minimum atomic E-state index is -0.118. The van der Waals surface area contributed by atoms with Gasteiger partial charge in [0, 0.05) is 30.1 Å². The average Bonchev–Trinajstić information content (AvgIpc) is 2.67. The van der Waals surface area contributed by atoms with Crippen LogP contribution in [0, 0.1) is 5.41 Å². The molecule has 2 aliphatic heterocycles. The smallest absolute Gasteiger partial charge is 0.254 e. The molecule has 7 nitrogen and oxygen atoms in total. The molecule has 0 bridgehead atoms. The molecular formula is C19H28N2O5. The predicted molar refractivity (Wildman–Crippen MR) is 96.9 cm³/mol. The van der Waals surface area contributed by atoms with Crippen molar-refractivity contribution in [2.45, 2.75) is 25.3 Å². The van der Waals surface area contributed by atoms with E-state index in [0.717, 1.165) is 25.8 Å². The third-order valence-corrected chi connectivity index (χ3v) is 6.03. The second-order valence-electron chi connectivity index (χ2n) is 7.35. The van der Waals surface area contributed by atoms with Gasteiger partial charge in [-0.3, -0.25) is 4.79 Å². The summed E-state index contributed by atoms with van der Waals surface area (Å²) >= 11 is 0. The highest BCUT2D eigenvalue weighted by molar-refractivity contribution is 5.95. The Morgan fingerprint density at radius 3 is 2.46 bits per heavy atom. The van der Waals surface area contributed by atoms with Crippen LogP contribution in [0.3, 0.4) is 0 Å². The molecule has 26 heavy (non-hydrogen) atoms. The van der Waals surface area contributed by atoms with Crippen LogP contribution >= 0.6 is 0 Å². The number of rotatable bonds is 4. The van der Waals surface area contributed by atoms with Crippen molar-refractivity contribution < 1.29 is 24.5 Å². The highest BCUT2D eigenvalue weighted by atomic mass is 16.5. The maximum atomic E-state index is 13.1. The molecular weight excluding hydrogens is 336 g/mol. The van der Waals surface area contributed by atoms with Gasteiger partial charge in [0.15, 0.2) is 11.5 Å². The van der Waals surface area contributed by atoms with E-state index in [9.17, 15) is 15.0 Å². The molecule has 7 heteroatoms. The lowest BCUT2D eigenvalue weighted by Gasteiger charge is -2.53. The van der Waals surface area contributed by atoms with Crippen LogP contribution in [-0.2, 0) is 0 Å². The summed E-state index contributed by atoms with van der Waals surface area (Å²) in [7, 11) is 4.95. The number of piperidine rings is 2. The van der Waals surface area contributed by atoms with Gasteiger partial charge in [-0.1, -0.05) is 0 Å². The topological polar surface area (TPSA) is 82.5 Å². The third-order valence-electron chi connectivity index (χ3n) is 6.03. The van der Waals surface area contributed by atoms with Crippen LogP contribution in [0.4, 0.5) is 0 Å². The van der Waals surface area contributed by atoms with Crippen LogP contribution in [0.25, 0.3) is 0 Å². The fourth-order valence-electron chi connectivity index (χ4n) is 4.40. The van der Waals surface area contributed by atoms with Gasteiger partial charge in [-0.05, 0) is 45.0 Å². The van der Waals surface area contributed by atoms with Crippen LogP contribution in [0.1, 0.15) is 29.6 Å². The number of carbonyl (C=O) groups is 1. The number of fused-ring (bicyclic) bond motifs is 1. The largest absolute Gasteiger partial charge is 0.502 e. The zero-order valence-corrected chi connectivity index (χ0v) is 15.7. The number of nitrogens with zero attached hydrogens (tertiary/aromatic N) is 2. The van der Waals surface area contributed by atoms with Crippen LogP contribution in [0.5, 0.6) is 17.2 Å². The number of likely N-dealkylation sites (tertiary alicyclic amines) is 2. The maximum Gasteiger partial charge on any atom is 0.254 e. The molecule has 2 fully saturated rings. The van der Waals surface area contributed by atoms with Crippen LogP contribution in [-0.4, -0.2) is 79.5 Å². The van der Waals surface area contributed by atoms with Gasteiger partial charge in [-0.2, -0.15) is 0 Å². The van der Waals surface area contributed by atoms with E-state index in [-0.39, 0.29) is 41.2 Å². The second kappa shape index (κ2) is 7.32. The van der Waals surface area contributed by atoms with Gasteiger partial charge in [0.25, 0.3) is 5.91 Å². The minimum absolute atomic E-state index is 0.114. The van der Waals surface area contributed by atoms with Crippen molar-refractivity contribution in [3.63, 3.8) is 0 Å². The number of amides is 1. The van der Waals surface area contributed by atoms with Crippen molar-refractivity contribution in [2.24, 2.45) is 5.41 Å². The molecule has 0 radical (unpaired) electrons. The number of methoxy groups -OCH3 is 2. The highest BCUT2D eigenvalue weighted by Gasteiger charge is 2.47. The van der Waals surface area contributed by atoms with E-state index in [0.29, 0.717) is 18.7 Å². The number of likely N-dealkylation sites (N-methyl/N-ethyl adjacent to an activating group) is 1. The van der Waals surface area contributed by atoms with Gasteiger partial charge < -0.3 is 29.5 Å². The fourth-order valence-corrected chi connectivity index (χ4v) is 4.40. The van der Waals surface area contributed by atoms with E-state index in [1.54, 1.807) is 12.1 Å². The average molecular weight is 364 g/mol. The van der Waals surface area contributed by atoms with E-state index in [1.165, 1.54) is 14.2 Å². The molecule has 144 valence electrons. The summed E-state index contributed by atoms with van der Waals surface area (Å²) in [6, 6.07) is 3.23. The second-order valence-corrected chi connectivity index (χ2v) is 7.35. The normalized spacial score (nSPS) is 26.3. The Labute approximate surface area is 154 Å². The van der Waals surface area contributed by atoms with Gasteiger partial charge in [0.2, 0.25) is 5.75 Å². The van der Waals surface area contributed by atoms with Gasteiger partial charge in [-0.15, -0.1) is 0 Å². The molecule has 2 N–H and O–H groups in total. The van der Waals surface area contributed by atoms with Gasteiger partial charge in [0.05, 0.1) is 20.8 Å². The summed E-state index contributed by atoms with van der Waals surface area (Å²) < 4.78 is 10.3. The van der Waals surface area contributed by atoms with E-state index in [4.69, 9.17) is 9.47 Å². The minimum Gasteiger partial charge on any atom is -0.502 e. The number of phenolic OH excluding ortho intramolecular Hbond substituents is 1. The van der Waals surface area contributed by atoms with Gasteiger partial charge in [-0.25, -0.2) is 0 Å². The first kappa shape index (κ1) is 18.8. The quantitative estimate of drug-likeness (QED) is 0.839. The SMILES string of the molecule is COc1cc(C(=O)N2CC[C@@]3(CO)CCCN(C)[C@@H]3C2)cc(OC)c1O. The Hall–Kier alpha value is -1.99. The van der Waals surface area contributed by atoms with Crippen molar-refractivity contribution in [3.05, 3.63) is 17.7 Å². The first-order valence-corrected chi connectivity index (χ1v) is 9.01. The summed E-state index contributed by atoms with van der Waals surface area (Å²) in [6.07, 6.45) is 2.87. The molecule has 0 aromatic heterocycles. The molecule has 2 aliphatic rings. The van der Waals surface area contributed by atoms with E-state index >= 15 is 0 Å². The summed E-state index contributed by atoms with van der Waals surface area (Å²) in [5.41, 5.74) is 0.306. The lowest BCUT2D eigenvalue weighted by molar-refractivity contribution is -0.0601. The highest BCUT2D eigenvalue weighted by Crippen LogP contribution is 2.42. The van der Waals surface area contributed by atoms with Crippen molar-refractivity contribution in [2.75, 3.05) is 47.5 Å². The monoisotopic (exact) mass is 364 g/mol. The Morgan fingerprint density at radius 1 is 1.23 bits per heavy atom. The summed E-state index contributed by atoms with van der Waals surface area (Å²) in [6.45, 7) is 2.33. The van der Waals surface area contributed by atoms with Crippen LogP contribution in [0.2, 0.25) is 0 Å². The van der Waals surface area contributed by atoms with E-state index < -0.39 is 0 Å². The number of ether oxygens (including phenoxy) is 2. The number of phenols is 1. The van der Waals surface area contributed by atoms with Crippen molar-refractivity contribution in [1.29, 1.82) is 0 Å². The number of hydrogen-bond donors (Lipinski definition) is 2. The molecule has 1 amide bonds. The molecule has 0 spiro atoms. The van der Waals surface area contributed by atoms with Crippen LogP contribution < -0.4 is 9.47 Å². The summed E-state index contributed by atoms with van der Waals surface area (Å²) in [5.74, 6) is 0.192. The molecule has 2 atom stereocenters. The zero-order valence-electron chi connectivity index (χ0n) is 15.7. The molecule has 0 saturated carbocycles. The standard InChI is InChI=1S/C19H28N2O5/c1-20-7-4-5-19(12-22)6-8-21(11-16(19)20)18(24)13-9-14(25-2)17(23)15(10-13)26-3/h9-10,16,22-23H,4-8,11-12H2,1-3H3/t16-,19-/m1/s1. The Kier molecular flexibility index (Phi) is 5.29. The molecule has 2 saturated heterocycles. The summed E-state index contributed by atoms with van der Waals surface area (Å²) in [5, 5.41) is 20.1. The molecule has 0 aliphatic carbocycles. The lowest BCUT2D eigenvalue weighted by Crippen LogP contribution is -2.62. The molecule has 0 unspecified atom stereocenters. The van der Waals surface area contributed by atoms with Crippen LogP contribution in [0.15, 0.2) is 12.1 Å². The number of aliphatic hydroxyl groups is 1. The van der Waals surface area contributed by atoms with Gasteiger partial charge >= 0.3 is 0 Å². The Bertz CT molecular complexity index is 655. The maximum absolute atomic E-state index is 13.1. The van der Waals surface area contributed by atoms with Crippen molar-refractivity contribution >= 4 is 5.91 Å². The number of carbonyl (C=O) groups excluding carboxylic acids is 1. The zero-order chi connectivity index (χ0) is 18.9. The lowest BCUT2D eigenvalue weighted by atomic mass is 9.69. The predicted octanol–water partition coefficient (Wildman–Crippen LogP) is 1.33. The number of hydrogen-bond acceptors (Lipinski definition) is 6. The third kappa shape index (κ3) is 3.10. The number of benzene rings is 1. The first-order chi connectivity index (χ1) is 12.5. The van der Waals surface area contributed by atoms with Crippen molar-refractivity contribution in [3.8, 4) is 17.2 Å². The van der Waals surface area contributed by atoms with E-state index in [2.05, 4.69) is 11.9 Å². The molecule has 1 aromatic carbocycles.